The summed E-state index contributed by atoms with van der Waals surface area (Å²) in [6.45, 7) is 1.99. The van der Waals surface area contributed by atoms with Crippen LogP contribution in [0.15, 0.2) is 41.3 Å². The van der Waals surface area contributed by atoms with Crippen LogP contribution in [0.5, 0.6) is 5.75 Å². The minimum absolute atomic E-state index is 0.309. The zero-order valence-corrected chi connectivity index (χ0v) is 12.5. The molecule has 0 aliphatic rings. The average molecular weight is 306 g/mol. The second kappa shape index (κ2) is 6.63. The van der Waals surface area contributed by atoms with Crippen molar-refractivity contribution in [2.75, 3.05) is 7.11 Å². The fourth-order valence-corrected chi connectivity index (χ4v) is 2.85. The van der Waals surface area contributed by atoms with Gasteiger partial charge < -0.3 is 9.84 Å². The second-order valence-corrected chi connectivity index (χ2v) is 5.60. The number of hydrogen-bond acceptors (Lipinski definition) is 3. The van der Waals surface area contributed by atoms with Gasteiger partial charge in [0, 0.05) is 16.2 Å². The van der Waals surface area contributed by atoms with Gasteiger partial charge in [-0.25, -0.2) is 9.18 Å². The van der Waals surface area contributed by atoms with Gasteiger partial charge in [-0.1, -0.05) is 17.7 Å². The van der Waals surface area contributed by atoms with Gasteiger partial charge in [-0.2, -0.15) is 0 Å². The lowest BCUT2D eigenvalue weighted by atomic mass is 10.1. The van der Waals surface area contributed by atoms with Crippen LogP contribution in [0.1, 0.15) is 21.5 Å². The molecule has 0 saturated carbocycles. The number of methoxy groups -OCH3 is 1. The molecular weight excluding hydrogens is 291 g/mol. The Kier molecular flexibility index (Phi) is 4.85. The number of aromatic carboxylic acids is 1. The monoisotopic (exact) mass is 306 g/mol. The van der Waals surface area contributed by atoms with Crippen LogP contribution in [0.4, 0.5) is 4.39 Å². The van der Waals surface area contributed by atoms with Gasteiger partial charge in [0.05, 0.1) is 12.7 Å². The third kappa shape index (κ3) is 3.76. The van der Waals surface area contributed by atoms with Crippen molar-refractivity contribution in [1.29, 1.82) is 0 Å². The van der Waals surface area contributed by atoms with Gasteiger partial charge in [0.1, 0.15) is 11.6 Å². The summed E-state index contributed by atoms with van der Waals surface area (Å²) in [4.78, 5) is 11.6. The molecule has 0 radical (unpaired) electrons. The zero-order chi connectivity index (χ0) is 15.4. The Balaban J connectivity index is 2.19. The molecule has 1 N–H and O–H groups in total. The Morgan fingerprint density at radius 1 is 1.29 bits per heavy atom. The summed E-state index contributed by atoms with van der Waals surface area (Å²) in [5, 5.41) is 8.92. The molecule has 0 atom stereocenters. The van der Waals surface area contributed by atoms with Crippen molar-refractivity contribution in [2.24, 2.45) is 0 Å². The summed E-state index contributed by atoms with van der Waals surface area (Å²) in [6.07, 6.45) is 0. The number of carbonyl (C=O) groups is 1. The number of halogens is 1. The molecule has 0 spiro atoms. The van der Waals surface area contributed by atoms with E-state index < -0.39 is 11.8 Å². The minimum Gasteiger partial charge on any atom is -0.496 e. The summed E-state index contributed by atoms with van der Waals surface area (Å²) < 4.78 is 18.6. The molecule has 5 heteroatoms. The van der Waals surface area contributed by atoms with Crippen LogP contribution in [0.3, 0.4) is 0 Å². The molecule has 0 fully saturated rings. The maximum Gasteiger partial charge on any atom is 0.338 e. The Bertz CT molecular complexity index is 671. The number of ether oxygens (including phenoxy) is 1. The molecule has 2 aromatic rings. The molecule has 0 amide bonds. The van der Waals surface area contributed by atoms with Crippen LogP contribution in [-0.2, 0) is 5.75 Å². The minimum atomic E-state index is -1.26. The van der Waals surface area contributed by atoms with Gasteiger partial charge in [0.2, 0.25) is 0 Å². The largest absolute Gasteiger partial charge is 0.496 e. The highest BCUT2D eigenvalue weighted by atomic mass is 32.2. The molecule has 0 aliphatic carbocycles. The van der Waals surface area contributed by atoms with Gasteiger partial charge in [-0.15, -0.1) is 11.8 Å². The van der Waals surface area contributed by atoms with E-state index in [0.29, 0.717) is 10.6 Å². The van der Waals surface area contributed by atoms with Crippen molar-refractivity contribution in [3.63, 3.8) is 0 Å². The number of rotatable bonds is 5. The van der Waals surface area contributed by atoms with Crippen molar-refractivity contribution in [1.82, 2.24) is 0 Å². The normalized spacial score (nSPS) is 10.4. The highest BCUT2D eigenvalue weighted by molar-refractivity contribution is 7.98. The highest BCUT2D eigenvalue weighted by Crippen LogP contribution is 2.29. The average Bonchev–Trinajstić information content (AvgIpc) is 2.46. The lowest BCUT2D eigenvalue weighted by Crippen LogP contribution is -2.00. The van der Waals surface area contributed by atoms with Crippen molar-refractivity contribution in [3.8, 4) is 5.75 Å². The van der Waals surface area contributed by atoms with Gasteiger partial charge in [0.15, 0.2) is 0 Å². The quantitative estimate of drug-likeness (QED) is 0.844. The highest BCUT2D eigenvalue weighted by Gasteiger charge is 2.11. The predicted octanol–water partition coefficient (Wildman–Crippen LogP) is 4.13. The summed E-state index contributed by atoms with van der Waals surface area (Å²) >= 11 is 1.44. The van der Waals surface area contributed by atoms with Crippen LogP contribution in [0, 0.1) is 12.7 Å². The van der Waals surface area contributed by atoms with Crippen molar-refractivity contribution >= 4 is 17.7 Å². The standard InChI is InChI=1S/C16H15FO3S/c1-10-3-6-15(20-2)11(7-10)9-21-12-4-5-14(17)13(8-12)16(18)19/h3-8H,9H2,1-2H3,(H,18,19). The molecule has 2 rings (SSSR count). The summed E-state index contributed by atoms with van der Waals surface area (Å²) in [5.41, 5.74) is 1.83. The van der Waals surface area contributed by atoms with E-state index in [1.54, 1.807) is 13.2 Å². The fourth-order valence-electron chi connectivity index (χ4n) is 1.94. The SMILES string of the molecule is COc1ccc(C)cc1CSc1ccc(F)c(C(=O)O)c1. The van der Waals surface area contributed by atoms with E-state index in [9.17, 15) is 9.18 Å². The maximum absolute atomic E-state index is 13.3. The van der Waals surface area contributed by atoms with Gasteiger partial charge in [-0.05, 0) is 31.2 Å². The molecule has 3 nitrogen and oxygen atoms in total. The van der Waals surface area contributed by atoms with Gasteiger partial charge in [-0.3, -0.25) is 0 Å². The van der Waals surface area contributed by atoms with Crippen molar-refractivity contribution < 1.29 is 19.0 Å². The predicted molar refractivity (Wildman–Crippen MR) is 80.7 cm³/mol. The first kappa shape index (κ1) is 15.4. The first-order valence-electron chi connectivity index (χ1n) is 6.30. The number of benzene rings is 2. The zero-order valence-electron chi connectivity index (χ0n) is 11.7. The summed E-state index contributed by atoms with van der Waals surface area (Å²) in [6, 6.07) is 10.00. The van der Waals surface area contributed by atoms with Crippen LogP contribution in [0.2, 0.25) is 0 Å². The number of carboxylic acid groups (broad SMARTS) is 1. The van der Waals surface area contributed by atoms with Crippen LogP contribution >= 0.6 is 11.8 Å². The van der Waals surface area contributed by atoms with E-state index in [1.165, 1.54) is 23.9 Å². The van der Waals surface area contributed by atoms with E-state index in [0.717, 1.165) is 16.9 Å². The van der Waals surface area contributed by atoms with Gasteiger partial charge in [0.25, 0.3) is 0 Å². The van der Waals surface area contributed by atoms with E-state index in [1.807, 2.05) is 25.1 Å². The molecule has 21 heavy (non-hydrogen) atoms. The summed E-state index contributed by atoms with van der Waals surface area (Å²) in [7, 11) is 1.61. The first-order valence-corrected chi connectivity index (χ1v) is 7.29. The number of thioether (sulfide) groups is 1. The molecular formula is C16H15FO3S. The second-order valence-electron chi connectivity index (χ2n) is 4.55. The van der Waals surface area contributed by atoms with Crippen molar-refractivity contribution in [2.45, 2.75) is 17.6 Å². The molecule has 0 heterocycles. The topological polar surface area (TPSA) is 46.5 Å². The maximum atomic E-state index is 13.3. The molecule has 110 valence electrons. The van der Waals surface area contributed by atoms with Crippen LogP contribution in [-0.4, -0.2) is 18.2 Å². The Morgan fingerprint density at radius 2 is 2.05 bits per heavy atom. The van der Waals surface area contributed by atoms with Crippen LogP contribution in [0.25, 0.3) is 0 Å². The van der Waals surface area contributed by atoms with E-state index in [-0.39, 0.29) is 5.56 Å². The molecule has 0 aliphatic heterocycles. The molecule has 0 saturated heterocycles. The number of aryl methyl sites for hydroxylation is 1. The van der Waals surface area contributed by atoms with E-state index in [4.69, 9.17) is 9.84 Å². The van der Waals surface area contributed by atoms with E-state index in [2.05, 4.69) is 0 Å². The fraction of sp³-hybridized carbons (Fsp3) is 0.188. The van der Waals surface area contributed by atoms with Gasteiger partial charge >= 0.3 is 5.97 Å². The van der Waals surface area contributed by atoms with Crippen LogP contribution < -0.4 is 4.74 Å². The van der Waals surface area contributed by atoms with E-state index >= 15 is 0 Å². The van der Waals surface area contributed by atoms with Crippen molar-refractivity contribution in [3.05, 3.63) is 58.9 Å². The molecule has 0 aromatic heterocycles. The smallest absolute Gasteiger partial charge is 0.338 e. The Labute approximate surface area is 126 Å². The lowest BCUT2D eigenvalue weighted by molar-refractivity contribution is 0.0691. The molecule has 0 unspecified atom stereocenters. The lowest BCUT2D eigenvalue weighted by Gasteiger charge is -2.09. The third-order valence-electron chi connectivity index (χ3n) is 3.00. The summed E-state index contributed by atoms with van der Waals surface area (Å²) in [5.74, 6) is -0.577. The Morgan fingerprint density at radius 3 is 2.71 bits per heavy atom. The molecule has 0 bridgehead atoms. The number of hydrogen-bond donors (Lipinski definition) is 1. The number of carboxylic acids is 1. The molecule has 2 aromatic carbocycles. The first-order chi connectivity index (χ1) is 10.0. The Hall–Kier alpha value is -2.01. The third-order valence-corrected chi connectivity index (χ3v) is 4.04.